The number of anilines is 1. The Kier molecular flexibility index (Phi) is 5.46. The Balaban J connectivity index is 1.97. The molecule has 0 amide bonds. The van der Waals surface area contributed by atoms with Crippen molar-refractivity contribution in [2.75, 3.05) is 4.72 Å². The Hall–Kier alpha value is -2.81. The van der Waals surface area contributed by atoms with Gasteiger partial charge < -0.3 is 10.2 Å². The highest BCUT2D eigenvalue weighted by atomic mass is 35.5. The summed E-state index contributed by atoms with van der Waals surface area (Å²) in [6.07, 6.45) is 1.09. The minimum Gasteiger partial charge on any atom is -0.507 e. The molecule has 0 unspecified atom stereocenters. The van der Waals surface area contributed by atoms with E-state index in [-0.39, 0.29) is 21.3 Å². The Bertz CT molecular complexity index is 1180. The number of halogens is 2. The SMILES string of the molecule is O=C(O)c1ccc(NS(=O)(=O)c2cnc(Cl)c(-c3cccc(Cl)c3)c2)cc1O. The van der Waals surface area contributed by atoms with E-state index in [9.17, 15) is 18.3 Å². The molecule has 0 saturated heterocycles. The zero-order valence-electron chi connectivity index (χ0n) is 13.9. The molecule has 0 aliphatic rings. The predicted octanol–water partition coefficient (Wildman–Crippen LogP) is 4.26. The summed E-state index contributed by atoms with van der Waals surface area (Å²) >= 11 is 12.1. The summed E-state index contributed by atoms with van der Waals surface area (Å²) in [4.78, 5) is 14.7. The van der Waals surface area contributed by atoms with Crippen LogP contribution in [-0.2, 0) is 10.0 Å². The van der Waals surface area contributed by atoms with E-state index < -0.39 is 21.7 Å². The summed E-state index contributed by atoms with van der Waals surface area (Å²) in [5, 5.41) is 19.2. The van der Waals surface area contributed by atoms with E-state index in [0.717, 1.165) is 18.3 Å². The number of aromatic carboxylic acids is 1. The lowest BCUT2D eigenvalue weighted by molar-refractivity contribution is 0.0694. The van der Waals surface area contributed by atoms with Gasteiger partial charge in [0, 0.05) is 22.8 Å². The Labute approximate surface area is 170 Å². The normalized spacial score (nSPS) is 11.2. The molecular weight excluding hydrogens is 427 g/mol. The van der Waals surface area contributed by atoms with Gasteiger partial charge in [-0.2, -0.15) is 0 Å². The number of carboxylic acid groups (broad SMARTS) is 1. The summed E-state index contributed by atoms with van der Waals surface area (Å²) in [5.74, 6) is -1.90. The molecule has 0 atom stereocenters. The molecule has 144 valence electrons. The molecule has 0 aliphatic carbocycles. The van der Waals surface area contributed by atoms with Crippen LogP contribution in [0.1, 0.15) is 10.4 Å². The highest BCUT2D eigenvalue weighted by Crippen LogP contribution is 2.31. The second-order valence-corrected chi connectivity index (χ2v) is 8.14. The molecule has 2 aromatic carbocycles. The number of aromatic hydroxyl groups is 1. The van der Waals surface area contributed by atoms with Gasteiger partial charge in [-0.25, -0.2) is 18.2 Å². The number of hydrogen-bond donors (Lipinski definition) is 3. The van der Waals surface area contributed by atoms with Crippen molar-refractivity contribution in [2.45, 2.75) is 4.90 Å². The fourth-order valence-electron chi connectivity index (χ4n) is 2.42. The maximum Gasteiger partial charge on any atom is 0.339 e. The molecule has 0 spiro atoms. The first-order chi connectivity index (χ1) is 13.2. The number of nitrogens with one attached hydrogen (secondary N) is 1. The third-order valence-corrected chi connectivity index (χ3v) is 5.62. The van der Waals surface area contributed by atoms with E-state index in [4.69, 9.17) is 28.3 Å². The maximum atomic E-state index is 12.7. The molecule has 1 heterocycles. The molecule has 0 bridgehead atoms. The summed E-state index contributed by atoms with van der Waals surface area (Å²) < 4.78 is 27.6. The Morgan fingerprint density at radius 1 is 1.07 bits per heavy atom. The molecule has 0 fully saturated rings. The lowest BCUT2D eigenvalue weighted by atomic mass is 10.1. The summed E-state index contributed by atoms with van der Waals surface area (Å²) in [6, 6.07) is 11.4. The van der Waals surface area contributed by atoms with Gasteiger partial charge in [0.2, 0.25) is 0 Å². The van der Waals surface area contributed by atoms with Crippen LogP contribution in [0, 0.1) is 0 Å². The van der Waals surface area contributed by atoms with E-state index in [1.165, 1.54) is 12.1 Å². The second kappa shape index (κ2) is 7.67. The minimum atomic E-state index is -4.08. The van der Waals surface area contributed by atoms with Crippen LogP contribution in [0.5, 0.6) is 5.75 Å². The van der Waals surface area contributed by atoms with Crippen molar-refractivity contribution in [3.8, 4) is 16.9 Å². The lowest BCUT2D eigenvalue weighted by Gasteiger charge is -2.11. The largest absolute Gasteiger partial charge is 0.507 e. The summed E-state index contributed by atoms with van der Waals surface area (Å²) in [6.45, 7) is 0. The standard InChI is InChI=1S/C18H12Cl2N2O5S/c19-11-3-1-2-10(6-11)15-8-13(9-21-17(15)20)28(26,27)22-12-4-5-14(18(24)25)16(23)7-12/h1-9,22-23H,(H,24,25). The molecule has 0 aliphatic heterocycles. The molecule has 10 heteroatoms. The minimum absolute atomic E-state index is 0.0123. The number of nitrogens with zero attached hydrogens (tertiary/aromatic N) is 1. The molecule has 1 aromatic heterocycles. The van der Waals surface area contributed by atoms with Crippen LogP contribution in [0.4, 0.5) is 5.69 Å². The van der Waals surface area contributed by atoms with Gasteiger partial charge >= 0.3 is 5.97 Å². The van der Waals surface area contributed by atoms with Crippen LogP contribution in [-0.4, -0.2) is 29.6 Å². The van der Waals surface area contributed by atoms with Crippen LogP contribution < -0.4 is 4.72 Å². The number of carbonyl (C=O) groups is 1. The van der Waals surface area contributed by atoms with Gasteiger partial charge in [0.1, 0.15) is 21.4 Å². The van der Waals surface area contributed by atoms with Crippen molar-refractivity contribution < 1.29 is 23.4 Å². The average molecular weight is 439 g/mol. The Morgan fingerprint density at radius 3 is 2.46 bits per heavy atom. The fraction of sp³-hybridized carbons (Fsp3) is 0. The van der Waals surface area contributed by atoms with Gasteiger partial charge in [-0.1, -0.05) is 35.3 Å². The molecular formula is C18H12Cl2N2O5S. The third-order valence-electron chi connectivity index (χ3n) is 3.74. The number of phenols is 1. The quantitative estimate of drug-likeness (QED) is 0.512. The average Bonchev–Trinajstić information content (AvgIpc) is 2.61. The topological polar surface area (TPSA) is 117 Å². The first-order valence-electron chi connectivity index (χ1n) is 7.68. The van der Waals surface area contributed by atoms with Crippen LogP contribution in [0.2, 0.25) is 10.2 Å². The van der Waals surface area contributed by atoms with Gasteiger partial charge in [0.05, 0.1) is 5.69 Å². The van der Waals surface area contributed by atoms with Crippen molar-refractivity contribution in [1.82, 2.24) is 4.98 Å². The van der Waals surface area contributed by atoms with Crippen LogP contribution >= 0.6 is 23.2 Å². The lowest BCUT2D eigenvalue weighted by Crippen LogP contribution is -2.13. The summed E-state index contributed by atoms with van der Waals surface area (Å²) in [5.41, 5.74) is 0.600. The molecule has 7 nitrogen and oxygen atoms in total. The van der Waals surface area contributed by atoms with Gasteiger partial charge in [0.15, 0.2) is 0 Å². The highest BCUT2D eigenvalue weighted by Gasteiger charge is 2.19. The van der Waals surface area contributed by atoms with Gasteiger partial charge in [0.25, 0.3) is 10.0 Å². The molecule has 3 aromatic rings. The van der Waals surface area contributed by atoms with E-state index in [1.54, 1.807) is 24.3 Å². The number of sulfonamides is 1. The number of aromatic nitrogens is 1. The van der Waals surface area contributed by atoms with Gasteiger partial charge in [-0.15, -0.1) is 0 Å². The monoisotopic (exact) mass is 438 g/mol. The van der Waals surface area contributed by atoms with Crippen LogP contribution in [0.25, 0.3) is 11.1 Å². The highest BCUT2D eigenvalue weighted by molar-refractivity contribution is 7.92. The number of carboxylic acids is 1. The molecule has 3 rings (SSSR count). The van der Waals surface area contributed by atoms with Crippen LogP contribution in [0.3, 0.4) is 0 Å². The first-order valence-corrected chi connectivity index (χ1v) is 9.92. The number of benzene rings is 2. The predicted molar refractivity (Wildman–Crippen MR) is 106 cm³/mol. The van der Waals surface area contributed by atoms with E-state index in [0.29, 0.717) is 16.1 Å². The van der Waals surface area contributed by atoms with E-state index in [2.05, 4.69) is 9.71 Å². The molecule has 0 saturated carbocycles. The third kappa shape index (κ3) is 4.19. The van der Waals surface area contributed by atoms with Crippen molar-refractivity contribution in [1.29, 1.82) is 0 Å². The number of rotatable bonds is 5. The fourth-order valence-corrected chi connectivity index (χ4v) is 3.85. The van der Waals surface area contributed by atoms with Crippen LogP contribution in [0.15, 0.2) is 59.6 Å². The van der Waals surface area contributed by atoms with Crippen molar-refractivity contribution >= 4 is 44.9 Å². The van der Waals surface area contributed by atoms with E-state index >= 15 is 0 Å². The maximum absolute atomic E-state index is 12.7. The first kappa shape index (κ1) is 19.9. The van der Waals surface area contributed by atoms with E-state index in [1.807, 2.05) is 0 Å². The zero-order chi connectivity index (χ0) is 20.5. The second-order valence-electron chi connectivity index (χ2n) is 5.66. The number of hydrogen-bond acceptors (Lipinski definition) is 5. The number of pyridine rings is 1. The molecule has 0 radical (unpaired) electrons. The molecule has 28 heavy (non-hydrogen) atoms. The van der Waals surface area contributed by atoms with Gasteiger partial charge in [-0.3, -0.25) is 4.72 Å². The van der Waals surface area contributed by atoms with Crippen molar-refractivity contribution in [3.05, 3.63) is 70.5 Å². The summed E-state index contributed by atoms with van der Waals surface area (Å²) in [7, 11) is -4.08. The van der Waals surface area contributed by atoms with Gasteiger partial charge in [-0.05, 0) is 35.9 Å². The smallest absolute Gasteiger partial charge is 0.339 e. The zero-order valence-corrected chi connectivity index (χ0v) is 16.3. The van der Waals surface area contributed by atoms with Crippen molar-refractivity contribution in [3.63, 3.8) is 0 Å². The Morgan fingerprint density at radius 2 is 1.82 bits per heavy atom. The van der Waals surface area contributed by atoms with Crippen molar-refractivity contribution in [2.24, 2.45) is 0 Å². The molecule has 3 N–H and O–H groups in total.